The van der Waals surface area contributed by atoms with Crippen LogP contribution in [0.1, 0.15) is 18.2 Å². The smallest absolute Gasteiger partial charge is 0.219 e. The summed E-state index contributed by atoms with van der Waals surface area (Å²) in [6.45, 7) is 8.11. The lowest BCUT2D eigenvalue weighted by atomic mass is 10.2. The molecule has 2 heterocycles. The van der Waals surface area contributed by atoms with E-state index in [0.717, 1.165) is 43.4 Å². The van der Waals surface area contributed by atoms with Crippen molar-refractivity contribution in [1.29, 1.82) is 0 Å². The zero-order chi connectivity index (χ0) is 15.5. The van der Waals surface area contributed by atoms with Crippen molar-refractivity contribution in [3.8, 4) is 10.6 Å². The summed E-state index contributed by atoms with van der Waals surface area (Å²) >= 11 is 1.70. The standard InChI is InChI=1S/C17H21N3OS/c1-13-3-5-15(6-4-13)17-18-16(12-22-17)11-19-7-9-20(10-8-19)14(2)21/h3-6,12H,7-11H2,1-2H3. The first-order valence-electron chi connectivity index (χ1n) is 7.61. The van der Waals surface area contributed by atoms with Gasteiger partial charge in [-0.3, -0.25) is 9.69 Å². The highest BCUT2D eigenvalue weighted by atomic mass is 32.1. The summed E-state index contributed by atoms with van der Waals surface area (Å²) in [4.78, 5) is 20.4. The highest BCUT2D eigenvalue weighted by molar-refractivity contribution is 7.13. The van der Waals surface area contributed by atoms with Gasteiger partial charge in [-0.25, -0.2) is 4.98 Å². The zero-order valence-electron chi connectivity index (χ0n) is 13.1. The number of hydrogen-bond donors (Lipinski definition) is 0. The maximum atomic E-state index is 11.3. The number of benzene rings is 1. The molecule has 0 N–H and O–H groups in total. The average Bonchev–Trinajstić information content (AvgIpc) is 2.97. The van der Waals surface area contributed by atoms with Crippen molar-refractivity contribution in [2.75, 3.05) is 26.2 Å². The van der Waals surface area contributed by atoms with Crippen molar-refractivity contribution in [2.45, 2.75) is 20.4 Å². The maximum Gasteiger partial charge on any atom is 0.219 e. The molecule has 0 unspecified atom stereocenters. The summed E-state index contributed by atoms with van der Waals surface area (Å²) in [5.74, 6) is 0.176. The van der Waals surface area contributed by atoms with E-state index in [4.69, 9.17) is 4.98 Å². The van der Waals surface area contributed by atoms with Crippen LogP contribution < -0.4 is 0 Å². The van der Waals surface area contributed by atoms with E-state index < -0.39 is 0 Å². The third-order valence-corrected chi connectivity index (χ3v) is 4.99. The van der Waals surface area contributed by atoms with E-state index >= 15 is 0 Å². The highest BCUT2D eigenvalue weighted by Gasteiger charge is 2.19. The molecule has 22 heavy (non-hydrogen) atoms. The summed E-state index contributed by atoms with van der Waals surface area (Å²) < 4.78 is 0. The van der Waals surface area contributed by atoms with Crippen molar-refractivity contribution < 1.29 is 4.79 Å². The molecule has 1 aliphatic heterocycles. The molecule has 116 valence electrons. The molecule has 1 fully saturated rings. The molecule has 1 amide bonds. The van der Waals surface area contributed by atoms with Crippen LogP contribution in [0.4, 0.5) is 0 Å². The monoisotopic (exact) mass is 315 g/mol. The normalized spacial score (nSPS) is 16.0. The van der Waals surface area contributed by atoms with Crippen LogP contribution in [-0.2, 0) is 11.3 Å². The Morgan fingerprint density at radius 2 is 1.86 bits per heavy atom. The summed E-state index contributed by atoms with van der Waals surface area (Å²) in [6.07, 6.45) is 0. The van der Waals surface area contributed by atoms with Crippen LogP contribution in [0.15, 0.2) is 29.6 Å². The summed E-state index contributed by atoms with van der Waals surface area (Å²) in [6, 6.07) is 8.50. The number of rotatable bonds is 3. The van der Waals surface area contributed by atoms with Crippen LogP contribution in [0.2, 0.25) is 0 Å². The Morgan fingerprint density at radius 3 is 2.50 bits per heavy atom. The molecule has 0 spiro atoms. The van der Waals surface area contributed by atoms with E-state index in [2.05, 4.69) is 41.5 Å². The molecule has 5 heteroatoms. The number of aryl methyl sites for hydroxylation is 1. The molecule has 1 aromatic carbocycles. The van der Waals surface area contributed by atoms with Gasteiger partial charge in [0.25, 0.3) is 0 Å². The lowest BCUT2D eigenvalue weighted by Crippen LogP contribution is -2.47. The van der Waals surface area contributed by atoms with Crippen LogP contribution in [-0.4, -0.2) is 46.9 Å². The number of carbonyl (C=O) groups excluding carboxylic acids is 1. The van der Waals surface area contributed by atoms with E-state index in [1.807, 2.05) is 4.90 Å². The van der Waals surface area contributed by atoms with Gasteiger partial charge in [-0.05, 0) is 6.92 Å². The van der Waals surface area contributed by atoms with E-state index in [0.29, 0.717) is 0 Å². The number of aromatic nitrogens is 1. The molecule has 0 aliphatic carbocycles. The lowest BCUT2D eigenvalue weighted by Gasteiger charge is -2.33. The topological polar surface area (TPSA) is 36.4 Å². The average molecular weight is 315 g/mol. The molecule has 3 rings (SSSR count). The van der Waals surface area contributed by atoms with Gasteiger partial charge in [0.15, 0.2) is 0 Å². The van der Waals surface area contributed by atoms with Gasteiger partial charge in [0.2, 0.25) is 5.91 Å². The third kappa shape index (κ3) is 3.54. The van der Waals surface area contributed by atoms with Crippen LogP contribution in [0.5, 0.6) is 0 Å². The molecule has 1 saturated heterocycles. The molecule has 0 saturated carbocycles. The number of thiazole rings is 1. The van der Waals surface area contributed by atoms with Gasteiger partial charge in [-0.1, -0.05) is 29.8 Å². The molecule has 0 bridgehead atoms. The Kier molecular flexibility index (Phi) is 4.55. The van der Waals surface area contributed by atoms with Crippen LogP contribution >= 0.6 is 11.3 Å². The number of amides is 1. The van der Waals surface area contributed by atoms with Crippen LogP contribution in [0, 0.1) is 6.92 Å². The molecular formula is C17H21N3OS. The SMILES string of the molecule is CC(=O)N1CCN(Cc2csc(-c3ccc(C)cc3)n2)CC1. The first-order valence-corrected chi connectivity index (χ1v) is 8.49. The number of piperazine rings is 1. The van der Waals surface area contributed by atoms with Crippen molar-refractivity contribution in [2.24, 2.45) is 0 Å². The first kappa shape index (κ1) is 15.2. The van der Waals surface area contributed by atoms with Gasteiger partial charge in [0, 0.05) is 50.6 Å². The molecule has 2 aromatic rings. The number of nitrogens with zero attached hydrogens (tertiary/aromatic N) is 3. The van der Waals surface area contributed by atoms with Crippen LogP contribution in [0.3, 0.4) is 0 Å². The maximum absolute atomic E-state index is 11.3. The van der Waals surface area contributed by atoms with E-state index in [9.17, 15) is 4.79 Å². The second-order valence-electron chi connectivity index (χ2n) is 5.79. The predicted molar refractivity (Wildman–Crippen MR) is 89.8 cm³/mol. The van der Waals surface area contributed by atoms with Crippen LogP contribution in [0.25, 0.3) is 10.6 Å². The van der Waals surface area contributed by atoms with E-state index in [1.165, 1.54) is 11.1 Å². The van der Waals surface area contributed by atoms with Gasteiger partial charge in [0.1, 0.15) is 5.01 Å². The van der Waals surface area contributed by atoms with Crippen molar-refractivity contribution in [1.82, 2.24) is 14.8 Å². The Bertz CT molecular complexity index is 642. The first-order chi connectivity index (χ1) is 10.6. The van der Waals surface area contributed by atoms with Gasteiger partial charge < -0.3 is 4.90 Å². The zero-order valence-corrected chi connectivity index (χ0v) is 13.9. The van der Waals surface area contributed by atoms with E-state index in [-0.39, 0.29) is 5.91 Å². The van der Waals surface area contributed by atoms with Crippen molar-refractivity contribution in [3.63, 3.8) is 0 Å². The Balaban J connectivity index is 1.60. The van der Waals surface area contributed by atoms with Gasteiger partial charge >= 0.3 is 0 Å². The Labute approximate surface area is 135 Å². The third-order valence-electron chi connectivity index (χ3n) is 4.05. The molecule has 0 radical (unpaired) electrons. The summed E-state index contributed by atoms with van der Waals surface area (Å²) in [5, 5.41) is 3.23. The van der Waals surface area contributed by atoms with Gasteiger partial charge in [-0.15, -0.1) is 11.3 Å². The summed E-state index contributed by atoms with van der Waals surface area (Å²) in [5.41, 5.74) is 3.57. The fourth-order valence-corrected chi connectivity index (χ4v) is 3.48. The van der Waals surface area contributed by atoms with Gasteiger partial charge in [0.05, 0.1) is 5.69 Å². The van der Waals surface area contributed by atoms with Crippen molar-refractivity contribution in [3.05, 3.63) is 40.9 Å². The Morgan fingerprint density at radius 1 is 1.18 bits per heavy atom. The minimum absolute atomic E-state index is 0.176. The fraction of sp³-hybridized carbons (Fsp3) is 0.412. The molecule has 4 nitrogen and oxygen atoms in total. The quantitative estimate of drug-likeness (QED) is 0.874. The predicted octanol–water partition coefficient (Wildman–Crippen LogP) is 2.78. The summed E-state index contributed by atoms with van der Waals surface area (Å²) in [7, 11) is 0. The second-order valence-corrected chi connectivity index (χ2v) is 6.65. The minimum Gasteiger partial charge on any atom is -0.340 e. The molecule has 1 aromatic heterocycles. The Hall–Kier alpha value is -1.72. The van der Waals surface area contributed by atoms with Crippen molar-refractivity contribution >= 4 is 17.2 Å². The minimum atomic E-state index is 0.176. The molecule has 0 atom stereocenters. The fourth-order valence-electron chi connectivity index (χ4n) is 2.66. The largest absolute Gasteiger partial charge is 0.340 e. The second kappa shape index (κ2) is 6.58. The highest BCUT2D eigenvalue weighted by Crippen LogP contribution is 2.24. The molecule has 1 aliphatic rings. The number of carbonyl (C=O) groups is 1. The lowest BCUT2D eigenvalue weighted by molar-refractivity contribution is -0.130. The number of hydrogen-bond acceptors (Lipinski definition) is 4. The molecular weight excluding hydrogens is 294 g/mol. The van der Waals surface area contributed by atoms with E-state index in [1.54, 1.807) is 18.3 Å². The van der Waals surface area contributed by atoms with Gasteiger partial charge in [-0.2, -0.15) is 0 Å².